The van der Waals surface area contributed by atoms with Crippen molar-refractivity contribution in [2.75, 3.05) is 5.32 Å². The lowest BCUT2D eigenvalue weighted by atomic mass is 9.92. The molecule has 0 spiro atoms. The number of amides is 2. The van der Waals surface area contributed by atoms with Crippen LogP contribution in [-0.4, -0.2) is 27.7 Å². The van der Waals surface area contributed by atoms with Gasteiger partial charge in [-0.25, -0.2) is 0 Å². The Morgan fingerprint density at radius 3 is 2.69 bits per heavy atom. The first kappa shape index (κ1) is 19.2. The predicted molar refractivity (Wildman–Crippen MR) is 110 cm³/mol. The van der Waals surface area contributed by atoms with Crippen LogP contribution in [0.3, 0.4) is 0 Å². The Balaban J connectivity index is 1.65. The Kier molecular flexibility index (Phi) is 4.85. The van der Waals surface area contributed by atoms with E-state index in [1.165, 1.54) is 0 Å². The summed E-state index contributed by atoms with van der Waals surface area (Å²) in [5, 5.41) is 12.3. The average Bonchev–Trinajstić information content (AvgIpc) is 3.13. The molecule has 1 N–H and O–H groups in total. The van der Waals surface area contributed by atoms with Crippen LogP contribution < -0.4 is 5.32 Å². The van der Waals surface area contributed by atoms with E-state index in [0.717, 1.165) is 16.8 Å². The number of rotatable bonds is 4. The minimum atomic E-state index is -0.666. The summed E-state index contributed by atoms with van der Waals surface area (Å²) in [6.45, 7) is 4.09. The molecule has 2 heterocycles. The molecule has 146 valence electrons. The van der Waals surface area contributed by atoms with Crippen molar-refractivity contribution < 1.29 is 9.59 Å². The summed E-state index contributed by atoms with van der Waals surface area (Å²) in [7, 11) is 0. The SMILES string of the molecule is CC(C)[C@H](C(=O)Nc1ccc(C#N)cc1)N1Cc2c(Cl)cnc3c2C(=CC3)C1=O. The Morgan fingerprint density at radius 2 is 2.03 bits per heavy atom. The predicted octanol–water partition coefficient (Wildman–Crippen LogP) is 3.55. The molecule has 1 atom stereocenters. The molecule has 1 aliphatic carbocycles. The second-order valence-electron chi connectivity index (χ2n) is 7.53. The van der Waals surface area contributed by atoms with Gasteiger partial charge in [-0.15, -0.1) is 0 Å². The topological polar surface area (TPSA) is 86.1 Å². The second kappa shape index (κ2) is 7.34. The molecule has 7 heteroatoms. The smallest absolute Gasteiger partial charge is 0.255 e. The van der Waals surface area contributed by atoms with Gasteiger partial charge in [0.1, 0.15) is 6.04 Å². The van der Waals surface area contributed by atoms with E-state index in [1.54, 1.807) is 35.4 Å². The van der Waals surface area contributed by atoms with Gasteiger partial charge in [-0.3, -0.25) is 14.6 Å². The minimum Gasteiger partial charge on any atom is -0.324 e. The number of aromatic nitrogens is 1. The number of carbonyl (C=O) groups excluding carboxylic acids is 2. The highest BCUT2D eigenvalue weighted by Gasteiger charge is 2.41. The molecule has 1 aromatic heterocycles. The van der Waals surface area contributed by atoms with Crippen molar-refractivity contribution in [1.82, 2.24) is 9.88 Å². The number of allylic oxidation sites excluding steroid dienone is 1. The van der Waals surface area contributed by atoms with Crippen LogP contribution in [0.1, 0.15) is 36.2 Å². The largest absolute Gasteiger partial charge is 0.324 e. The number of anilines is 1. The fourth-order valence-corrected chi connectivity index (χ4v) is 4.17. The highest BCUT2D eigenvalue weighted by Crippen LogP contribution is 2.40. The summed E-state index contributed by atoms with van der Waals surface area (Å²) in [6, 6.07) is 8.01. The van der Waals surface area contributed by atoms with E-state index in [0.29, 0.717) is 28.3 Å². The molecule has 1 aromatic carbocycles. The van der Waals surface area contributed by atoms with Crippen LogP contribution >= 0.6 is 11.6 Å². The van der Waals surface area contributed by atoms with Gasteiger partial charge in [-0.2, -0.15) is 5.26 Å². The molecule has 4 rings (SSSR count). The lowest BCUT2D eigenvalue weighted by molar-refractivity contribution is -0.136. The molecule has 6 nitrogen and oxygen atoms in total. The van der Waals surface area contributed by atoms with Crippen LogP contribution in [-0.2, 0) is 22.6 Å². The summed E-state index contributed by atoms with van der Waals surface area (Å²) < 4.78 is 0. The van der Waals surface area contributed by atoms with Gasteiger partial charge in [0.2, 0.25) is 5.91 Å². The molecule has 0 fully saturated rings. The van der Waals surface area contributed by atoms with Gasteiger partial charge in [0.25, 0.3) is 5.91 Å². The van der Waals surface area contributed by atoms with Gasteiger partial charge >= 0.3 is 0 Å². The molecular weight excluding hydrogens is 388 g/mol. The molecule has 29 heavy (non-hydrogen) atoms. The quantitative estimate of drug-likeness (QED) is 0.841. The fraction of sp³-hybridized carbons (Fsp3) is 0.273. The van der Waals surface area contributed by atoms with Crippen molar-refractivity contribution in [1.29, 1.82) is 5.26 Å². The van der Waals surface area contributed by atoms with E-state index in [4.69, 9.17) is 16.9 Å². The van der Waals surface area contributed by atoms with Crippen molar-refractivity contribution in [3.8, 4) is 6.07 Å². The maximum atomic E-state index is 13.2. The fourth-order valence-electron chi connectivity index (χ4n) is 3.96. The summed E-state index contributed by atoms with van der Waals surface area (Å²) in [5.74, 6) is -0.555. The average molecular weight is 407 g/mol. The summed E-state index contributed by atoms with van der Waals surface area (Å²) >= 11 is 6.39. The number of pyridine rings is 1. The van der Waals surface area contributed by atoms with Crippen molar-refractivity contribution in [3.63, 3.8) is 0 Å². The first-order valence-electron chi connectivity index (χ1n) is 9.39. The Bertz CT molecular complexity index is 1080. The van der Waals surface area contributed by atoms with E-state index in [9.17, 15) is 9.59 Å². The van der Waals surface area contributed by atoms with Gasteiger partial charge < -0.3 is 10.2 Å². The number of carbonyl (C=O) groups is 2. The summed E-state index contributed by atoms with van der Waals surface area (Å²) in [4.78, 5) is 32.3. The molecule has 0 saturated heterocycles. The molecule has 0 saturated carbocycles. The Labute approximate surface area is 173 Å². The number of halogens is 1. The van der Waals surface area contributed by atoms with Crippen molar-refractivity contribution >= 4 is 34.7 Å². The Morgan fingerprint density at radius 1 is 1.31 bits per heavy atom. The highest BCUT2D eigenvalue weighted by molar-refractivity contribution is 6.32. The van der Waals surface area contributed by atoms with Crippen LogP contribution in [0.2, 0.25) is 5.02 Å². The molecule has 0 unspecified atom stereocenters. The monoisotopic (exact) mass is 406 g/mol. The first-order valence-corrected chi connectivity index (χ1v) is 9.77. The molecule has 2 aliphatic rings. The number of nitrogens with one attached hydrogen (secondary N) is 1. The normalized spacial score (nSPS) is 15.6. The van der Waals surface area contributed by atoms with E-state index >= 15 is 0 Å². The van der Waals surface area contributed by atoms with Gasteiger partial charge in [-0.1, -0.05) is 31.5 Å². The van der Waals surface area contributed by atoms with Crippen LogP contribution in [0, 0.1) is 17.2 Å². The van der Waals surface area contributed by atoms with Gasteiger partial charge in [-0.05, 0) is 30.2 Å². The summed E-state index contributed by atoms with van der Waals surface area (Å²) in [5.41, 5.74) is 4.20. The standard InChI is InChI=1S/C22H19ClN4O2/c1-12(2)20(21(28)26-14-5-3-13(9-24)4-6-14)27-11-16-17(23)10-25-18-8-7-15(19(16)18)22(27)29/h3-7,10,12,20H,8,11H2,1-2H3,(H,26,28)/t20-/m1/s1. The maximum Gasteiger partial charge on any atom is 0.255 e. The van der Waals surface area contributed by atoms with Crippen LogP contribution in [0.15, 0.2) is 36.5 Å². The third-order valence-corrected chi connectivity index (χ3v) is 5.64. The minimum absolute atomic E-state index is 0.110. The number of hydrogen-bond acceptors (Lipinski definition) is 4. The van der Waals surface area contributed by atoms with Crippen molar-refractivity contribution in [2.24, 2.45) is 5.92 Å². The zero-order valence-electron chi connectivity index (χ0n) is 16.1. The molecular formula is C22H19ClN4O2. The van der Waals surface area contributed by atoms with E-state index in [-0.39, 0.29) is 24.3 Å². The van der Waals surface area contributed by atoms with Gasteiger partial charge in [0.05, 0.1) is 22.3 Å². The van der Waals surface area contributed by atoms with Crippen molar-refractivity contribution in [3.05, 3.63) is 63.9 Å². The Hall–Kier alpha value is -3.17. The number of nitriles is 1. The first-order chi connectivity index (χ1) is 13.9. The molecule has 0 bridgehead atoms. The van der Waals surface area contributed by atoms with Crippen LogP contribution in [0.5, 0.6) is 0 Å². The van der Waals surface area contributed by atoms with E-state index < -0.39 is 6.04 Å². The third kappa shape index (κ3) is 3.28. The summed E-state index contributed by atoms with van der Waals surface area (Å²) in [6.07, 6.45) is 4.07. The highest BCUT2D eigenvalue weighted by atomic mass is 35.5. The zero-order valence-corrected chi connectivity index (χ0v) is 16.8. The molecule has 2 aromatic rings. The molecule has 0 radical (unpaired) electrons. The maximum absolute atomic E-state index is 13.2. The number of benzene rings is 1. The van der Waals surface area contributed by atoms with Crippen LogP contribution in [0.4, 0.5) is 5.69 Å². The van der Waals surface area contributed by atoms with Gasteiger partial charge in [0.15, 0.2) is 0 Å². The molecule has 1 aliphatic heterocycles. The van der Waals surface area contributed by atoms with Crippen LogP contribution in [0.25, 0.3) is 5.57 Å². The van der Waals surface area contributed by atoms with Gasteiger partial charge in [0, 0.05) is 41.5 Å². The van der Waals surface area contributed by atoms with Crippen molar-refractivity contribution in [2.45, 2.75) is 32.9 Å². The third-order valence-electron chi connectivity index (χ3n) is 5.32. The van der Waals surface area contributed by atoms with E-state index in [2.05, 4.69) is 10.3 Å². The number of nitrogens with zero attached hydrogens (tertiary/aromatic N) is 3. The lowest BCUT2D eigenvalue weighted by Gasteiger charge is -2.37. The zero-order chi connectivity index (χ0) is 20.7. The lowest BCUT2D eigenvalue weighted by Crippen LogP contribution is -2.51. The second-order valence-corrected chi connectivity index (χ2v) is 7.94. The molecule has 2 amide bonds. The number of hydrogen-bond donors (Lipinski definition) is 1. The van der Waals surface area contributed by atoms with E-state index in [1.807, 2.05) is 26.0 Å².